The highest BCUT2D eigenvalue weighted by Gasteiger charge is 2.35. The molecule has 2 amide bonds. The van der Waals surface area contributed by atoms with E-state index in [-0.39, 0.29) is 30.3 Å². The van der Waals surface area contributed by atoms with Crippen LogP contribution in [0, 0.1) is 5.92 Å². The minimum Gasteiger partial charge on any atom is -0.370 e. The molecular weight excluding hydrogens is 335 g/mol. The van der Waals surface area contributed by atoms with Crippen LogP contribution in [-0.4, -0.2) is 61.0 Å². The number of nitrogens with zero attached hydrogens (tertiary/aromatic N) is 1. The average molecular weight is 367 g/mol. The second-order valence-electron chi connectivity index (χ2n) is 8.03. The fraction of sp³-hybridized carbons (Fsp3) is 0.941. The summed E-state index contributed by atoms with van der Waals surface area (Å²) in [4.78, 5) is 14.2. The largest absolute Gasteiger partial charge is 0.411 e. The number of amides is 2. The van der Waals surface area contributed by atoms with E-state index in [1.54, 1.807) is 0 Å². The molecule has 2 N–H and O–H groups in total. The molecule has 148 valence electrons. The van der Waals surface area contributed by atoms with Crippen LogP contribution < -0.4 is 10.6 Å². The maximum atomic E-state index is 12.3. The molecule has 0 bridgehead atoms. The fourth-order valence-electron chi connectivity index (χ4n) is 2.89. The molecule has 3 atom stereocenters. The van der Waals surface area contributed by atoms with E-state index in [0.29, 0.717) is 18.9 Å². The van der Waals surface area contributed by atoms with E-state index in [9.17, 15) is 18.0 Å². The second-order valence-corrected chi connectivity index (χ2v) is 8.03. The third-order valence-electron chi connectivity index (χ3n) is 4.17. The highest BCUT2D eigenvalue weighted by atomic mass is 19.4. The normalized spacial score (nSPS) is 23.5. The monoisotopic (exact) mass is 367 g/mol. The van der Waals surface area contributed by atoms with Crippen molar-refractivity contribution in [1.29, 1.82) is 0 Å². The molecular formula is C17H32F3N3O2. The first-order chi connectivity index (χ1) is 11.4. The zero-order chi connectivity index (χ0) is 19.3. The number of alkyl halides is 3. The Balaban J connectivity index is 2.58. The number of likely N-dealkylation sites (tertiary alicyclic amines) is 1. The predicted molar refractivity (Wildman–Crippen MR) is 91.5 cm³/mol. The Morgan fingerprint density at radius 2 is 1.96 bits per heavy atom. The topological polar surface area (TPSA) is 53.6 Å². The second kappa shape index (κ2) is 9.07. The molecule has 25 heavy (non-hydrogen) atoms. The van der Waals surface area contributed by atoms with Gasteiger partial charge in [-0.3, -0.25) is 4.90 Å². The van der Waals surface area contributed by atoms with Crippen LogP contribution in [0.5, 0.6) is 0 Å². The summed E-state index contributed by atoms with van der Waals surface area (Å²) in [6.45, 7) is 10.1. The predicted octanol–water partition coefficient (Wildman–Crippen LogP) is 3.15. The van der Waals surface area contributed by atoms with Gasteiger partial charge in [0.2, 0.25) is 0 Å². The minimum absolute atomic E-state index is 0.0228. The summed E-state index contributed by atoms with van der Waals surface area (Å²) in [5.41, 5.74) is -0.339. The summed E-state index contributed by atoms with van der Waals surface area (Å²) in [6.07, 6.45) is -2.73. The maximum absolute atomic E-state index is 12.3. The van der Waals surface area contributed by atoms with E-state index >= 15 is 0 Å². The van der Waals surface area contributed by atoms with Crippen LogP contribution in [0.15, 0.2) is 0 Å². The number of rotatable bonds is 7. The van der Waals surface area contributed by atoms with Crippen LogP contribution in [0.1, 0.15) is 47.5 Å². The molecule has 0 saturated carbocycles. The standard InChI is InChI=1S/C17H32F3N3O2/c1-6-12(2)8-23-9-13(21-15(24)22-16(3,4)5)7-14(23)10-25-11-17(18,19)20/h12-14H,6-11H2,1-5H3,(H2,21,22,24)/t12-,13+,14-/m0/s1. The van der Waals surface area contributed by atoms with Gasteiger partial charge in [-0.2, -0.15) is 13.2 Å². The molecule has 0 aliphatic carbocycles. The molecule has 0 radical (unpaired) electrons. The highest BCUT2D eigenvalue weighted by molar-refractivity contribution is 5.75. The average Bonchev–Trinajstić information content (AvgIpc) is 2.76. The molecule has 0 unspecified atom stereocenters. The smallest absolute Gasteiger partial charge is 0.370 e. The van der Waals surface area contributed by atoms with Gasteiger partial charge in [-0.15, -0.1) is 0 Å². The molecule has 0 aromatic carbocycles. The van der Waals surface area contributed by atoms with Crippen molar-refractivity contribution in [1.82, 2.24) is 15.5 Å². The molecule has 5 nitrogen and oxygen atoms in total. The quantitative estimate of drug-likeness (QED) is 0.727. The van der Waals surface area contributed by atoms with Gasteiger partial charge in [-0.05, 0) is 33.1 Å². The van der Waals surface area contributed by atoms with Gasteiger partial charge in [0.1, 0.15) is 6.61 Å². The lowest BCUT2D eigenvalue weighted by molar-refractivity contribution is -0.176. The molecule has 1 heterocycles. The summed E-state index contributed by atoms with van der Waals surface area (Å²) in [5, 5.41) is 5.77. The Hall–Kier alpha value is -1.02. The van der Waals surface area contributed by atoms with Gasteiger partial charge in [0.05, 0.1) is 6.61 Å². The number of halogens is 3. The first kappa shape index (κ1) is 22.0. The van der Waals surface area contributed by atoms with Crippen LogP contribution in [0.25, 0.3) is 0 Å². The lowest BCUT2D eigenvalue weighted by atomic mass is 10.1. The van der Waals surface area contributed by atoms with Crippen LogP contribution in [0.4, 0.5) is 18.0 Å². The summed E-state index contributed by atoms with van der Waals surface area (Å²) < 4.78 is 41.7. The van der Waals surface area contributed by atoms with Crippen molar-refractivity contribution >= 4 is 6.03 Å². The van der Waals surface area contributed by atoms with Gasteiger partial charge in [-0.25, -0.2) is 4.79 Å². The van der Waals surface area contributed by atoms with Gasteiger partial charge >= 0.3 is 12.2 Å². The van der Waals surface area contributed by atoms with Crippen molar-refractivity contribution in [3.63, 3.8) is 0 Å². The van der Waals surface area contributed by atoms with Gasteiger partial charge in [0.25, 0.3) is 0 Å². The zero-order valence-electron chi connectivity index (χ0n) is 15.9. The van der Waals surface area contributed by atoms with E-state index in [1.807, 2.05) is 20.8 Å². The maximum Gasteiger partial charge on any atom is 0.411 e. The summed E-state index contributed by atoms with van der Waals surface area (Å²) in [5.74, 6) is 0.437. The summed E-state index contributed by atoms with van der Waals surface area (Å²) in [6, 6.07) is -0.458. The Kier molecular flexibility index (Phi) is 7.99. The number of carbonyl (C=O) groups excluding carboxylic acids is 1. The van der Waals surface area contributed by atoms with Crippen molar-refractivity contribution in [2.45, 2.75) is 71.3 Å². The number of ether oxygens (including phenoxy) is 1. The van der Waals surface area contributed by atoms with E-state index in [4.69, 9.17) is 4.74 Å². The molecule has 8 heteroatoms. The summed E-state index contributed by atoms with van der Waals surface area (Å²) in [7, 11) is 0. The first-order valence-electron chi connectivity index (χ1n) is 8.87. The van der Waals surface area contributed by atoms with Crippen molar-refractivity contribution in [3.05, 3.63) is 0 Å². The van der Waals surface area contributed by atoms with Gasteiger partial charge in [-0.1, -0.05) is 20.3 Å². The molecule has 1 fully saturated rings. The third-order valence-corrected chi connectivity index (χ3v) is 4.17. The van der Waals surface area contributed by atoms with Crippen molar-refractivity contribution in [2.75, 3.05) is 26.3 Å². The Morgan fingerprint density at radius 1 is 1.32 bits per heavy atom. The highest BCUT2D eigenvalue weighted by Crippen LogP contribution is 2.22. The number of nitrogens with one attached hydrogen (secondary N) is 2. The zero-order valence-corrected chi connectivity index (χ0v) is 15.9. The SMILES string of the molecule is CC[C@H](C)CN1C[C@H](NC(=O)NC(C)(C)C)C[C@H]1COCC(F)(F)F. The molecule has 0 spiro atoms. The Labute approximate surface area is 148 Å². The van der Waals surface area contributed by atoms with Crippen LogP contribution >= 0.6 is 0 Å². The molecule has 1 rings (SSSR count). The van der Waals surface area contributed by atoms with Crippen LogP contribution in [0.2, 0.25) is 0 Å². The number of urea groups is 1. The summed E-state index contributed by atoms with van der Waals surface area (Å²) >= 11 is 0. The minimum atomic E-state index is -4.32. The van der Waals surface area contributed by atoms with Gasteiger partial charge < -0.3 is 15.4 Å². The van der Waals surface area contributed by atoms with Crippen LogP contribution in [-0.2, 0) is 4.74 Å². The Morgan fingerprint density at radius 3 is 2.48 bits per heavy atom. The molecule has 0 aromatic heterocycles. The van der Waals surface area contributed by atoms with E-state index in [1.165, 1.54) is 0 Å². The van der Waals surface area contributed by atoms with Gasteiger partial charge in [0, 0.05) is 30.7 Å². The van der Waals surface area contributed by atoms with Crippen molar-refractivity contribution < 1.29 is 22.7 Å². The lowest BCUT2D eigenvalue weighted by Gasteiger charge is -2.27. The lowest BCUT2D eigenvalue weighted by Crippen LogP contribution is -2.50. The number of hydrogen-bond acceptors (Lipinski definition) is 3. The number of hydrogen-bond donors (Lipinski definition) is 2. The first-order valence-corrected chi connectivity index (χ1v) is 8.87. The molecule has 1 aliphatic heterocycles. The van der Waals surface area contributed by atoms with E-state index in [2.05, 4.69) is 29.4 Å². The van der Waals surface area contributed by atoms with Gasteiger partial charge in [0.15, 0.2) is 0 Å². The van der Waals surface area contributed by atoms with Crippen molar-refractivity contribution in [3.8, 4) is 0 Å². The van der Waals surface area contributed by atoms with Crippen LogP contribution in [0.3, 0.4) is 0 Å². The molecule has 1 aliphatic rings. The van der Waals surface area contributed by atoms with Crippen molar-refractivity contribution in [2.24, 2.45) is 5.92 Å². The van der Waals surface area contributed by atoms with E-state index < -0.39 is 12.8 Å². The number of carbonyl (C=O) groups is 1. The van der Waals surface area contributed by atoms with E-state index in [0.717, 1.165) is 13.0 Å². The molecule has 0 aromatic rings. The Bertz CT molecular complexity index is 424. The fourth-order valence-corrected chi connectivity index (χ4v) is 2.89. The third kappa shape index (κ3) is 9.30. The molecule has 1 saturated heterocycles.